The monoisotopic (exact) mass is 261 g/mol. The number of carbonyl (C=O) groups is 2. The number of rotatable bonds is 5. The molecule has 6 heteroatoms. The van der Waals surface area contributed by atoms with Crippen LogP contribution in [0.2, 0.25) is 4.34 Å². The molecule has 0 aliphatic carbocycles. The lowest BCUT2D eigenvalue weighted by atomic mass is 10.1. The second kappa shape index (κ2) is 5.86. The number of carbonyl (C=O) groups excluding carboxylic acids is 1. The van der Waals surface area contributed by atoms with Crippen molar-refractivity contribution in [3.63, 3.8) is 0 Å². The summed E-state index contributed by atoms with van der Waals surface area (Å²) in [7, 11) is 0. The molecule has 4 nitrogen and oxygen atoms in total. The smallest absolute Gasteiger partial charge is 0.303 e. The first-order valence-electron chi connectivity index (χ1n) is 4.73. The van der Waals surface area contributed by atoms with E-state index in [9.17, 15) is 9.59 Å². The number of hydrogen-bond acceptors (Lipinski definition) is 3. The zero-order valence-corrected chi connectivity index (χ0v) is 10.3. The predicted octanol–water partition coefficient (Wildman–Crippen LogP) is 2.44. The molecular formula is C10H12ClNO3S. The number of aliphatic carboxylic acids is 1. The lowest BCUT2D eigenvalue weighted by Gasteiger charge is -2.15. The Labute approximate surface area is 102 Å². The summed E-state index contributed by atoms with van der Waals surface area (Å²) < 4.78 is 0.626. The largest absolute Gasteiger partial charge is 0.481 e. The molecule has 0 aliphatic heterocycles. The van der Waals surface area contributed by atoms with Gasteiger partial charge in [0.2, 0.25) is 5.91 Å². The highest BCUT2D eigenvalue weighted by atomic mass is 35.5. The van der Waals surface area contributed by atoms with Crippen molar-refractivity contribution in [2.24, 2.45) is 0 Å². The van der Waals surface area contributed by atoms with Gasteiger partial charge in [-0.1, -0.05) is 11.6 Å². The minimum Gasteiger partial charge on any atom is -0.481 e. The molecule has 2 N–H and O–H groups in total. The van der Waals surface area contributed by atoms with E-state index in [0.29, 0.717) is 10.8 Å². The van der Waals surface area contributed by atoms with E-state index in [1.807, 2.05) is 0 Å². The summed E-state index contributed by atoms with van der Waals surface area (Å²) in [5.74, 6) is -1.06. The normalized spacial score (nSPS) is 12.1. The van der Waals surface area contributed by atoms with E-state index in [-0.39, 0.29) is 18.4 Å². The van der Waals surface area contributed by atoms with Crippen LogP contribution < -0.4 is 5.32 Å². The molecule has 1 unspecified atom stereocenters. The summed E-state index contributed by atoms with van der Waals surface area (Å²) in [6.45, 7) is 1.41. The van der Waals surface area contributed by atoms with E-state index in [1.165, 1.54) is 18.3 Å². The Morgan fingerprint density at radius 2 is 2.25 bits per heavy atom. The summed E-state index contributed by atoms with van der Waals surface area (Å²) in [5.41, 5.74) is 0. The Bertz CT molecular complexity index is 391. The predicted molar refractivity (Wildman–Crippen MR) is 62.8 cm³/mol. The van der Waals surface area contributed by atoms with Crippen LogP contribution in [0.25, 0.3) is 0 Å². The Morgan fingerprint density at radius 3 is 2.69 bits per heavy atom. The van der Waals surface area contributed by atoms with Crippen molar-refractivity contribution in [1.82, 2.24) is 5.32 Å². The maximum atomic E-state index is 11.0. The summed E-state index contributed by atoms with van der Waals surface area (Å²) in [5, 5.41) is 11.3. The van der Waals surface area contributed by atoms with Gasteiger partial charge in [-0.15, -0.1) is 11.3 Å². The Kier molecular flexibility index (Phi) is 4.76. The molecule has 0 radical (unpaired) electrons. The molecule has 1 aromatic rings. The van der Waals surface area contributed by atoms with Crippen molar-refractivity contribution in [2.45, 2.75) is 25.8 Å². The Morgan fingerprint density at radius 1 is 1.56 bits per heavy atom. The number of hydrogen-bond donors (Lipinski definition) is 2. The van der Waals surface area contributed by atoms with Crippen molar-refractivity contribution >= 4 is 34.8 Å². The van der Waals surface area contributed by atoms with Gasteiger partial charge in [0.15, 0.2) is 0 Å². The van der Waals surface area contributed by atoms with Gasteiger partial charge in [0.1, 0.15) is 0 Å². The molecule has 1 atom stereocenters. The summed E-state index contributed by atoms with van der Waals surface area (Å²) in [6.07, 6.45) is 0.381. The molecule has 1 rings (SSSR count). The summed E-state index contributed by atoms with van der Waals surface area (Å²) >= 11 is 7.14. The Balaban J connectivity index is 2.70. The molecule has 0 aromatic carbocycles. The zero-order valence-electron chi connectivity index (χ0n) is 8.70. The van der Waals surface area contributed by atoms with E-state index in [4.69, 9.17) is 16.7 Å². The highest BCUT2D eigenvalue weighted by Gasteiger charge is 2.16. The average molecular weight is 262 g/mol. The van der Waals surface area contributed by atoms with E-state index < -0.39 is 5.97 Å². The van der Waals surface area contributed by atoms with Crippen LogP contribution in [0.1, 0.15) is 30.7 Å². The molecular weight excluding hydrogens is 250 g/mol. The highest BCUT2D eigenvalue weighted by Crippen LogP contribution is 2.29. The topological polar surface area (TPSA) is 66.4 Å². The molecule has 0 saturated heterocycles. The summed E-state index contributed by atoms with van der Waals surface area (Å²) in [4.78, 5) is 22.4. The Hall–Kier alpha value is -1.07. The van der Waals surface area contributed by atoms with Gasteiger partial charge in [0.25, 0.3) is 0 Å². The second-order valence-corrected chi connectivity index (χ2v) is 5.07. The molecule has 0 spiro atoms. The summed E-state index contributed by atoms with van der Waals surface area (Å²) in [6, 6.07) is 3.26. The minimum atomic E-state index is -0.877. The maximum absolute atomic E-state index is 11.0. The first kappa shape index (κ1) is 13.0. The number of amides is 1. The van der Waals surface area contributed by atoms with Gasteiger partial charge in [-0.05, 0) is 18.6 Å². The number of thiophene rings is 1. The number of nitrogens with one attached hydrogen (secondary N) is 1. The third-order valence-electron chi connectivity index (χ3n) is 1.96. The quantitative estimate of drug-likeness (QED) is 0.856. The molecule has 88 valence electrons. The molecule has 1 amide bonds. The van der Waals surface area contributed by atoms with E-state index in [1.54, 1.807) is 12.1 Å². The standard InChI is InChI=1S/C10H12ClNO3S/c1-6(13)12-7(2-5-10(14)15)8-3-4-9(11)16-8/h3-4,7H,2,5H2,1H3,(H,12,13)(H,14,15). The first-order chi connectivity index (χ1) is 7.49. The third kappa shape index (κ3) is 4.20. The van der Waals surface area contributed by atoms with E-state index in [2.05, 4.69) is 5.32 Å². The van der Waals surface area contributed by atoms with Crippen LogP contribution in [0, 0.1) is 0 Å². The van der Waals surface area contributed by atoms with E-state index >= 15 is 0 Å². The minimum absolute atomic E-state index is 0.0144. The van der Waals surface area contributed by atoms with Crippen LogP contribution in [-0.2, 0) is 9.59 Å². The number of halogens is 1. The molecule has 1 aromatic heterocycles. The van der Waals surface area contributed by atoms with Crippen LogP contribution >= 0.6 is 22.9 Å². The molecule has 1 heterocycles. The number of carboxylic acid groups (broad SMARTS) is 1. The van der Waals surface area contributed by atoms with Crippen molar-refractivity contribution in [3.05, 3.63) is 21.3 Å². The molecule has 0 bridgehead atoms. The van der Waals surface area contributed by atoms with Crippen molar-refractivity contribution in [3.8, 4) is 0 Å². The van der Waals surface area contributed by atoms with Gasteiger partial charge in [-0.2, -0.15) is 0 Å². The average Bonchev–Trinajstić information content (AvgIpc) is 2.58. The molecule has 0 saturated carbocycles. The van der Waals surface area contributed by atoms with E-state index in [0.717, 1.165) is 4.88 Å². The second-order valence-electron chi connectivity index (χ2n) is 3.33. The van der Waals surface area contributed by atoms with Crippen molar-refractivity contribution in [2.75, 3.05) is 0 Å². The fourth-order valence-corrected chi connectivity index (χ4v) is 2.46. The van der Waals surface area contributed by atoms with Gasteiger partial charge < -0.3 is 10.4 Å². The first-order valence-corrected chi connectivity index (χ1v) is 5.92. The van der Waals surface area contributed by atoms with Crippen LogP contribution in [-0.4, -0.2) is 17.0 Å². The van der Waals surface area contributed by atoms with Gasteiger partial charge in [-0.25, -0.2) is 0 Å². The molecule has 16 heavy (non-hydrogen) atoms. The molecule has 0 fully saturated rings. The fourth-order valence-electron chi connectivity index (χ4n) is 1.31. The molecule has 0 aliphatic rings. The van der Waals surface area contributed by atoms with Crippen molar-refractivity contribution in [1.29, 1.82) is 0 Å². The SMILES string of the molecule is CC(=O)NC(CCC(=O)O)c1ccc(Cl)s1. The van der Waals surface area contributed by atoms with Crippen LogP contribution in [0.5, 0.6) is 0 Å². The van der Waals surface area contributed by atoms with Crippen LogP contribution in [0.4, 0.5) is 0 Å². The third-order valence-corrected chi connectivity index (χ3v) is 3.31. The zero-order chi connectivity index (χ0) is 12.1. The maximum Gasteiger partial charge on any atom is 0.303 e. The number of carboxylic acids is 1. The lowest BCUT2D eigenvalue weighted by Crippen LogP contribution is -2.25. The van der Waals surface area contributed by atoms with Crippen LogP contribution in [0.15, 0.2) is 12.1 Å². The van der Waals surface area contributed by atoms with Crippen molar-refractivity contribution < 1.29 is 14.7 Å². The highest BCUT2D eigenvalue weighted by molar-refractivity contribution is 7.16. The van der Waals surface area contributed by atoms with Crippen LogP contribution in [0.3, 0.4) is 0 Å². The van der Waals surface area contributed by atoms with Gasteiger partial charge in [0.05, 0.1) is 10.4 Å². The van der Waals surface area contributed by atoms with Gasteiger partial charge >= 0.3 is 5.97 Å². The van der Waals surface area contributed by atoms with Gasteiger partial charge in [0, 0.05) is 18.2 Å². The lowest BCUT2D eigenvalue weighted by molar-refractivity contribution is -0.137. The fraction of sp³-hybridized carbons (Fsp3) is 0.400. The van der Waals surface area contributed by atoms with Gasteiger partial charge in [-0.3, -0.25) is 9.59 Å².